The zero-order valence-electron chi connectivity index (χ0n) is 11.8. The number of aliphatic hydroxyl groups excluding tert-OH is 1. The molecule has 6 heteroatoms. The molecule has 3 N–H and O–H groups in total. The molecule has 2 atom stereocenters. The maximum Gasteiger partial charge on any atom is 0.218 e. The van der Waals surface area contributed by atoms with Crippen molar-refractivity contribution in [2.45, 2.75) is 37.8 Å². The molecular formula is C15H20F2N2O2. The molecule has 0 bridgehead atoms. The number of primary amides is 1. The van der Waals surface area contributed by atoms with Gasteiger partial charge in [-0.2, -0.15) is 0 Å². The summed E-state index contributed by atoms with van der Waals surface area (Å²) in [6.45, 7) is 0.943. The highest BCUT2D eigenvalue weighted by atomic mass is 19.1. The van der Waals surface area contributed by atoms with Crippen molar-refractivity contribution >= 4 is 5.91 Å². The van der Waals surface area contributed by atoms with Crippen molar-refractivity contribution in [3.05, 3.63) is 35.4 Å². The van der Waals surface area contributed by atoms with Gasteiger partial charge in [0.15, 0.2) is 0 Å². The minimum atomic E-state index is -1.06. The number of aliphatic hydroxyl groups is 1. The lowest BCUT2D eigenvalue weighted by molar-refractivity contribution is -0.119. The third-order valence-corrected chi connectivity index (χ3v) is 3.91. The predicted octanol–water partition coefficient (Wildman–Crippen LogP) is 1.73. The molecule has 4 nitrogen and oxygen atoms in total. The smallest absolute Gasteiger partial charge is 0.218 e. The highest BCUT2D eigenvalue weighted by molar-refractivity contribution is 5.74. The molecule has 2 unspecified atom stereocenters. The maximum atomic E-state index is 13.7. The van der Waals surface area contributed by atoms with Crippen LogP contribution in [0.3, 0.4) is 0 Å². The second kappa shape index (κ2) is 6.95. The number of piperidine rings is 1. The van der Waals surface area contributed by atoms with E-state index in [0.717, 1.165) is 37.9 Å². The van der Waals surface area contributed by atoms with Crippen LogP contribution in [0.15, 0.2) is 18.2 Å². The van der Waals surface area contributed by atoms with Crippen LogP contribution < -0.4 is 5.73 Å². The number of rotatable bonds is 5. The predicted molar refractivity (Wildman–Crippen MR) is 74.3 cm³/mol. The number of hydrogen-bond donors (Lipinski definition) is 2. The summed E-state index contributed by atoms with van der Waals surface area (Å²) in [7, 11) is 0. The molecule has 1 aromatic carbocycles. The van der Waals surface area contributed by atoms with Crippen molar-refractivity contribution in [3.63, 3.8) is 0 Å². The standard InChI is InChI=1S/C15H20F2N2O2/c16-10-4-5-12(13(17)7-10)14(20)9-19-6-2-1-3-11(19)8-15(18)21/h4-5,7,11,14,20H,1-3,6,8-9H2,(H2,18,21). The molecule has 2 rings (SSSR count). The number of nitrogens with two attached hydrogens (primary N) is 1. The number of likely N-dealkylation sites (tertiary alicyclic amines) is 1. The molecule has 1 heterocycles. The lowest BCUT2D eigenvalue weighted by Crippen LogP contribution is -2.43. The van der Waals surface area contributed by atoms with Gasteiger partial charge in [-0.3, -0.25) is 9.69 Å². The van der Waals surface area contributed by atoms with E-state index >= 15 is 0 Å². The molecule has 0 radical (unpaired) electrons. The van der Waals surface area contributed by atoms with Gasteiger partial charge in [-0.05, 0) is 25.5 Å². The lowest BCUT2D eigenvalue weighted by atomic mass is 9.97. The Morgan fingerprint density at radius 1 is 1.43 bits per heavy atom. The van der Waals surface area contributed by atoms with Gasteiger partial charge in [0.25, 0.3) is 0 Å². The van der Waals surface area contributed by atoms with Gasteiger partial charge in [0.1, 0.15) is 11.6 Å². The van der Waals surface area contributed by atoms with E-state index in [0.29, 0.717) is 0 Å². The van der Waals surface area contributed by atoms with Gasteiger partial charge in [-0.25, -0.2) is 8.78 Å². The summed E-state index contributed by atoms with van der Waals surface area (Å²) in [5.41, 5.74) is 5.31. The van der Waals surface area contributed by atoms with Gasteiger partial charge >= 0.3 is 0 Å². The van der Waals surface area contributed by atoms with E-state index in [9.17, 15) is 18.7 Å². The SMILES string of the molecule is NC(=O)CC1CCCCN1CC(O)c1ccc(F)cc1F. The summed E-state index contributed by atoms with van der Waals surface area (Å²) in [6, 6.07) is 3.12. The van der Waals surface area contributed by atoms with E-state index in [1.54, 1.807) is 0 Å². The minimum Gasteiger partial charge on any atom is -0.387 e. The molecule has 0 spiro atoms. The average molecular weight is 298 g/mol. The number of β-amino-alcohol motifs (C(OH)–C–C–N with tert-alkyl or cyclic N) is 1. The van der Waals surface area contributed by atoms with Gasteiger partial charge in [0.2, 0.25) is 5.91 Å². The van der Waals surface area contributed by atoms with Crippen LogP contribution in [0.2, 0.25) is 0 Å². The highest BCUT2D eigenvalue weighted by Gasteiger charge is 2.27. The number of benzene rings is 1. The third-order valence-electron chi connectivity index (χ3n) is 3.91. The zero-order chi connectivity index (χ0) is 15.4. The fraction of sp³-hybridized carbons (Fsp3) is 0.533. The number of amides is 1. The van der Waals surface area contributed by atoms with Crippen molar-refractivity contribution in [3.8, 4) is 0 Å². The fourth-order valence-electron chi connectivity index (χ4n) is 2.86. The Hall–Kier alpha value is -1.53. The Morgan fingerprint density at radius 2 is 2.19 bits per heavy atom. The van der Waals surface area contributed by atoms with E-state index in [2.05, 4.69) is 0 Å². The van der Waals surface area contributed by atoms with Crippen molar-refractivity contribution in [1.82, 2.24) is 4.90 Å². The first kappa shape index (κ1) is 15.9. The van der Waals surface area contributed by atoms with Crippen molar-refractivity contribution in [2.24, 2.45) is 5.73 Å². The van der Waals surface area contributed by atoms with E-state index in [1.807, 2.05) is 4.90 Å². The number of nitrogens with zero attached hydrogens (tertiary/aromatic N) is 1. The Labute approximate surface area is 122 Å². The van der Waals surface area contributed by atoms with E-state index in [4.69, 9.17) is 5.73 Å². The van der Waals surface area contributed by atoms with Crippen molar-refractivity contribution in [2.75, 3.05) is 13.1 Å². The molecule has 1 aliphatic heterocycles. The Kier molecular flexibility index (Phi) is 5.25. The Morgan fingerprint density at radius 3 is 2.86 bits per heavy atom. The fourth-order valence-corrected chi connectivity index (χ4v) is 2.86. The van der Waals surface area contributed by atoms with Crippen LogP contribution >= 0.6 is 0 Å². The molecule has 1 fully saturated rings. The molecular weight excluding hydrogens is 278 g/mol. The topological polar surface area (TPSA) is 66.6 Å². The zero-order valence-corrected chi connectivity index (χ0v) is 11.8. The first-order valence-corrected chi connectivity index (χ1v) is 7.12. The molecule has 1 aliphatic rings. The average Bonchev–Trinajstić information content (AvgIpc) is 2.40. The maximum absolute atomic E-state index is 13.7. The molecule has 1 amide bonds. The molecule has 116 valence electrons. The Balaban J connectivity index is 2.05. The summed E-state index contributed by atoms with van der Waals surface area (Å²) in [6.07, 6.45) is 1.99. The largest absolute Gasteiger partial charge is 0.387 e. The number of halogens is 2. The first-order chi connectivity index (χ1) is 9.97. The normalized spacial score (nSPS) is 21.2. The summed E-state index contributed by atoms with van der Waals surface area (Å²) < 4.78 is 26.6. The molecule has 0 aliphatic carbocycles. The van der Waals surface area contributed by atoms with Crippen molar-refractivity contribution < 1.29 is 18.7 Å². The Bertz CT molecular complexity index is 510. The van der Waals surface area contributed by atoms with Crippen LogP contribution in [0, 0.1) is 11.6 Å². The molecule has 0 aromatic heterocycles. The van der Waals surface area contributed by atoms with Gasteiger partial charge in [0.05, 0.1) is 6.10 Å². The van der Waals surface area contributed by atoms with Crippen LogP contribution in [0.4, 0.5) is 8.78 Å². The van der Waals surface area contributed by atoms with Gasteiger partial charge < -0.3 is 10.8 Å². The van der Waals surface area contributed by atoms with Gasteiger partial charge in [-0.1, -0.05) is 12.5 Å². The van der Waals surface area contributed by atoms with Crippen LogP contribution in [-0.4, -0.2) is 35.0 Å². The van der Waals surface area contributed by atoms with Crippen LogP contribution in [0.1, 0.15) is 37.4 Å². The quantitative estimate of drug-likeness (QED) is 0.870. The third kappa shape index (κ3) is 4.22. The summed E-state index contributed by atoms with van der Waals surface area (Å²) >= 11 is 0. The summed E-state index contributed by atoms with van der Waals surface area (Å²) in [5, 5.41) is 10.2. The van der Waals surface area contributed by atoms with E-state index in [-0.39, 0.29) is 30.5 Å². The van der Waals surface area contributed by atoms with Gasteiger partial charge in [-0.15, -0.1) is 0 Å². The summed E-state index contributed by atoms with van der Waals surface area (Å²) in [5.74, 6) is -1.81. The lowest BCUT2D eigenvalue weighted by Gasteiger charge is -2.36. The first-order valence-electron chi connectivity index (χ1n) is 7.12. The van der Waals surface area contributed by atoms with Crippen LogP contribution in [0.5, 0.6) is 0 Å². The second-order valence-electron chi connectivity index (χ2n) is 5.50. The van der Waals surface area contributed by atoms with E-state index < -0.39 is 17.7 Å². The van der Waals surface area contributed by atoms with Crippen LogP contribution in [-0.2, 0) is 4.79 Å². The second-order valence-corrected chi connectivity index (χ2v) is 5.50. The molecule has 0 saturated carbocycles. The number of carbonyl (C=O) groups is 1. The molecule has 1 aromatic rings. The van der Waals surface area contributed by atoms with Crippen LogP contribution in [0.25, 0.3) is 0 Å². The monoisotopic (exact) mass is 298 g/mol. The number of carbonyl (C=O) groups excluding carboxylic acids is 1. The van der Waals surface area contributed by atoms with Crippen molar-refractivity contribution in [1.29, 1.82) is 0 Å². The van der Waals surface area contributed by atoms with E-state index in [1.165, 1.54) is 6.07 Å². The van der Waals surface area contributed by atoms with Gasteiger partial charge in [0, 0.05) is 30.6 Å². The summed E-state index contributed by atoms with van der Waals surface area (Å²) in [4.78, 5) is 13.1. The highest BCUT2D eigenvalue weighted by Crippen LogP contribution is 2.24. The number of hydrogen-bond acceptors (Lipinski definition) is 3. The molecule has 1 saturated heterocycles. The minimum absolute atomic E-state index is 0.0191. The molecule has 21 heavy (non-hydrogen) atoms.